The summed E-state index contributed by atoms with van der Waals surface area (Å²) >= 11 is 0. The molecule has 1 saturated heterocycles. The summed E-state index contributed by atoms with van der Waals surface area (Å²) in [6.45, 7) is 1.93. The Labute approximate surface area is 193 Å². The quantitative estimate of drug-likeness (QED) is 0.190. The van der Waals surface area contributed by atoms with E-state index in [9.17, 15) is 22.8 Å². The van der Waals surface area contributed by atoms with Crippen molar-refractivity contribution in [2.45, 2.75) is 64.1 Å². The van der Waals surface area contributed by atoms with Gasteiger partial charge < -0.3 is 14.2 Å². The van der Waals surface area contributed by atoms with E-state index in [0.29, 0.717) is 18.8 Å². The first-order chi connectivity index (χ1) is 15.6. The van der Waals surface area contributed by atoms with Crippen LogP contribution in [0.1, 0.15) is 51.9 Å². The van der Waals surface area contributed by atoms with Crippen LogP contribution in [0.25, 0.3) is 0 Å². The second-order valence-electron chi connectivity index (χ2n) is 10.5. The van der Waals surface area contributed by atoms with Crippen LogP contribution in [-0.4, -0.2) is 55.4 Å². The summed E-state index contributed by atoms with van der Waals surface area (Å²) in [5.74, 6) is -3.44. The van der Waals surface area contributed by atoms with Gasteiger partial charge in [-0.05, 0) is 50.9 Å². The molecule has 1 N–H and O–H groups in total. The fourth-order valence-electron chi connectivity index (χ4n) is 7.14. The number of carbonyl (C=O) groups is 3. The van der Waals surface area contributed by atoms with Gasteiger partial charge in [0.15, 0.2) is 0 Å². The zero-order chi connectivity index (χ0) is 23.5. The van der Waals surface area contributed by atoms with Gasteiger partial charge in [0.2, 0.25) is 0 Å². The Morgan fingerprint density at radius 1 is 1.30 bits per heavy atom. The van der Waals surface area contributed by atoms with Crippen LogP contribution in [0.2, 0.25) is 0 Å². The Kier molecular flexibility index (Phi) is 5.59. The summed E-state index contributed by atoms with van der Waals surface area (Å²) in [5.41, 5.74) is 0.765. The molecule has 5 aliphatic rings. The standard InChI is InChI=1S/C23H30O9S/c1-12-8-13-4-2-5-23(10-12,11-13)22(26)32-19-14-9-15-17(21(25)31-18(15)19)16(14)20(24)30-6-3-7-33(27,28)29/h8,12,14-19H,2-7,9-11H2,1H3,(H,27,28,29). The summed E-state index contributed by atoms with van der Waals surface area (Å²) in [5, 5.41) is 0. The van der Waals surface area contributed by atoms with E-state index >= 15 is 0 Å². The average Bonchev–Trinajstić information content (AvgIpc) is 3.33. The van der Waals surface area contributed by atoms with Crippen molar-refractivity contribution in [3.05, 3.63) is 11.6 Å². The maximum absolute atomic E-state index is 13.5. The zero-order valence-electron chi connectivity index (χ0n) is 18.6. The molecule has 0 aromatic carbocycles. The monoisotopic (exact) mass is 482 g/mol. The molecular weight excluding hydrogens is 452 g/mol. The predicted molar refractivity (Wildman–Crippen MR) is 113 cm³/mol. The maximum Gasteiger partial charge on any atom is 0.312 e. The summed E-state index contributed by atoms with van der Waals surface area (Å²) < 4.78 is 47.4. The molecule has 3 saturated carbocycles. The third-order valence-electron chi connectivity index (χ3n) is 8.24. The number of allylic oxidation sites excluding steroid dienone is 2. The van der Waals surface area contributed by atoms with Crippen LogP contribution >= 0.6 is 0 Å². The first kappa shape index (κ1) is 22.8. The largest absolute Gasteiger partial charge is 0.465 e. The molecule has 0 spiro atoms. The van der Waals surface area contributed by atoms with Gasteiger partial charge >= 0.3 is 17.9 Å². The van der Waals surface area contributed by atoms with Gasteiger partial charge in [-0.25, -0.2) is 0 Å². The molecule has 9 nitrogen and oxygen atoms in total. The van der Waals surface area contributed by atoms with Crippen molar-refractivity contribution < 1.29 is 41.6 Å². The Balaban J connectivity index is 1.29. The third-order valence-corrected chi connectivity index (χ3v) is 9.04. The van der Waals surface area contributed by atoms with E-state index in [2.05, 4.69) is 13.0 Å². The molecule has 0 aromatic rings. The van der Waals surface area contributed by atoms with Crippen LogP contribution < -0.4 is 0 Å². The molecule has 0 aromatic heterocycles. The molecule has 8 atom stereocenters. The summed E-state index contributed by atoms with van der Waals surface area (Å²) in [6, 6.07) is 0. The fourth-order valence-corrected chi connectivity index (χ4v) is 7.63. The number of ether oxygens (including phenoxy) is 3. The van der Waals surface area contributed by atoms with Crippen LogP contribution in [0.5, 0.6) is 0 Å². The fraction of sp³-hybridized carbons (Fsp3) is 0.783. The highest BCUT2D eigenvalue weighted by Gasteiger charge is 2.70. The number of fused-ring (bicyclic) bond motifs is 3. The number of hydrogen-bond acceptors (Lipinski definition) is 8. The van der Waals surface area contributed by atoms with Crippen LogP contribution in [-0.2, 0) is 38.7 Å². The Morgan fingerprint density at radius 2 is 2.09 bits per heavy atom. The van der Waals surface area contributed by atoms with Crippen molar-refractivity contribution in [2.75, 3.05) is 12.4 Å². The Bertz CT molecular complexity index is 1000. The van der Waals surface area contributed by atoms with Crippen LogP contribution in [0, 0.1) is 35.0 Å². The molecule has 4 fully saturated rings. The van der Waals surface area contributed by atoms with E-state index in [-0.39, 0.29) is 30.8 Å². The third kappa shape index (κ3) is 3.99. The average molecular weight is 483 g/mol. The van der Waals surface area contributed by atoms with Gasteiger partial charge in [0.05, 0.1) is 29.6 Å². The Morgan fingerprint density at radius 3 is 2.85 bits per heavy atom. The lowest BCUT2D eigenvalue weighted by molar-refractivity contribution is -0.177. The van der Waals surface area contributed by atoms with Crippen LogP contribution in [0.15, 0.2) is 11.6 Å². The minimum absolute atomic E-state index is 0.0436. The molecule has 8 unspecified atom stereocenters. The molecule has 1 aliphatic heterocycles. The number of carbonyl (C=O) groups excluding carboxylic acids is 3. The minimum atomic E-state index is -4.14. The van der Waals surface area contributed by atoms with E-state index in [1.54, 1.807) is 0 Å². The van der Waals surface area contributed by atoms with Gasteiger partial charge in [-0.2, -0.15) is 8.42 Å². The van der Waals surface area contributed by atoms with Crippen molar-refractivity contribution in [1.82, 2.24) is 0 Å². The lowest BCUT2D eigenvalue weighted by Crippen LogP contribution is -2.47. The Hall–Kier alpha value is -1.94. The molecule has 33 heavy (non-hydrogen) atoms. The zero-order valence-corrected chi connectivity index (χ0v) is 19.4. The molecule has 0 amide bonds. The van der Waals surface area contributed by atoms with E-state index in [4.69, 9.17) is 18.8 Å². The van der Waals surface area contributed by atoms with E-state index in [0.717, 1.165) is 25.7 Å². The smallest absolute Gasteiger partial charge is 0.312 e. The van der Waals surface area contributed by atoms with Crippen molar-refractivity contribution in [3.8, 4) is 0 Å². The van der Waals surface area contributed by atoms with Gasteiger partial charge in [-0.3, -0.25) is 18.9 Å². The normalized spacial score (nSPS) is 40.8. The second kappa shape index (κ2) is 8.08. The molecule has 1 heterocycles. The van der Waals surface area contributed by atoms with Crippen molar-refractivity contribution in [3.63, 3.8) is 0 Å². The van der Waals surface area contributed by atoms with Crippen molar-refractivity contribution in [2.24, 2.45) is 35.0 Å². The van der Waals surface area contributed by atoms with Crippen LogP contribution in [0.4, 0.5) is 0 Å². The first-order valence-corrected chi connectivity index (χ1v) is 13.4. The second-order valence-corrected chi connectivity index (χ2v) is 12.1. The topological polar surface area (TPSA) is 133 Å². The maximum atomic E-state index is 13.5. The van der Waals surface area contributed by atoms with E-state index < -0.39 is 57.3 Å². The molecular formula is C23H30O9S. The molecule has 4 bridgehead atoms. The number of hydrogen-bond donors (Lipinski definition) is 1. The summed E-state index contributed by atoms with van der Waals surface area (Å²) in [7, 11) is -4.14. The van der Waals surface area contributed by atoms with Crippen LogP contribution in [0.3, 0.4) is 0 Å². The SMILES string of the molecule is CC1C=C2CCCC(C(=O)OC3C4CC5C3OC(=O)C5C4C(=O)OCCCS(=O)(=O)O)(C2)C1. The highest BCUT2D eigenvalue weighted by Crippen LogP contribution is 2.59. The predicted octanol–water partition coefficient (Wildman–Crippen LogP) is 2.05. The molecule has 0 radical (unpaired) electrons. The lowest BCUT2D eigenvalue weighted by atomic mass is 9.63. The van der Waals surface area contributed by atoms with Gasteiger partial charge in [0.25, 0.3) is 10.1 Å². The summed E-state index contributed by atoms with van der Waals surface area (Å²) in [4.78, 5) is 38.8. The molecule has 5 rings (SSSR count). The van der Waals surface area contributed by atoms with Crippen molar-refractivity contribution >= 4 is 28.0 Å². The highest BCUT2D eigenvalue weighted by molar-refractivity contribution is 7.85. The molecule has 4 aliphatic carbocycles. The van der Waals surface area contributed by atoms with Gasteiger partial charge in [0.1, 0.15) is 12.2 Å². The van der Waals surface area contributed by atoms with E-state index in [1.807, 2.05) is 0 Å². The summed E-state index contributed by atoms with van der Waals surface area (Å²) in [6.07, 6.45) is 5.78. The van der Waals surface area contributed by atoms with Gasteiger partial charge in [0, 0.05) is 11.8 Å². The van der Waals surface area contributed by atoms with Crippen molar-refractivity contribution in [1.29, 1.82) is 0 Å². The lowest BCUT2D eigenvalue weighted by Gasteiger charge is -2.42. The molecule has 10 heteroatoms. The van der Waals surface area contributed by atoms with Gasteiger partial charge in [-0.15, -0.1) is 0 Å². The molecule has 182 valence electrons. The van der Waals surface area contributed by atoms with E-state index in [1.165, 1.54) is 5.57 Å². The number of esters is 3. The minimum Gasteiger partial charge on any atom is -0.465 e. The first-order valence-electron chi connectivity index (χ1n) is 11.8. The number of rotatable bonds is 7. The van der Waals surface area contributed by atoms with Gasteiger partial charge in [-0.1, -0.05) is 18.6 Å². The highest BCUT2D eigenvalue weighted by atomic mass is 32.2.